The monoisotopic (exact) mass is 394 g/mol. The summed E-state index contributed by atoms with van der Waals surface area (Å²) in [6.07, 6.45) is 5.22. The minimum atomic E-state index is 0.0966. The van der Waals surface area contributed by atoms with Gasteiger partial charge in [-0.3, -0.25) is 4.79 Å². The number of likely N-dealkylation sites (tertiary alicyclic amines) is 1. The number of thiazole rings is 1. The van der Waals surface area contributed by atoms with Gasteiger partial charge in [-0.2, -0.15) is 0 Å². The van der Waals surface area contributed by atoms with Crippen LogP contribution in [0.1, 0.15) is 41.8 Å². The summed E-state index contributed by atoms with van der Waals surface area (Å²) in [5, 5.41) is 4.14. The lowest BCUT2D eigenvalue weighted by Crippen LogP contribution is -3.11. The Balaban J connectivity index is 1.29. The van der Waals surface area contributed by atoms with Gasteiger partial charge in [0.05, 0.1) is 28.3 Å². The highest BCUT2D eigenvalue weighted by molar-refractivity contribution is 7.18. The second kappa shape index (κ2) is 9.30. The number of carbonyl (C=O) groups is 1. The van der Waals surface area contributed by atoms with E-state index in [4.69, 9.17) is 0 Å². The van der Waals surface area contributed by atoms with E-state index < -0.39 is 0 Å². The molecule has 0 unspecified atom stereocenters. The summed E-state index contributed by atoms with van der Waals surface area (Å²) in [5.74, 6) is 0.0966. The van der Waals surface area contributed by atoms with Crippen molar-refractivity contribution in [2.45, 2.75) is 45.2 Å². The number of rotatable bonds is 7. The molecule has 1 fully saturated rings. The molecule has 28 heavy (non-hydrogen) atoms. The number of carbonyl (C=O) groups excluding carboxylic acids is 1. The number of nitrogens with zero attached hydrogens (tertiary/aromatic N) is 1. The van der Waals surface area contributed by atoms with Crippen LogP contribution in [0.2, 0.25) is 0 Å². The second-order valence-electron chi connectivity index (χ2n) is 7.61. The number of hydrogen-bond donors (Lipinski definition) is 2. The maximum absolute atomic E-state index is 12.4. The van der Waals surface area contributed by atoms with Crippen LogP contribution < -0.4 is 10.2 Å². The first-order chi connectivity index (χ1) is 13.8. The Morgan fingerprint density at radius 2 is 1.75 bits per heavy atom. The van der Waals surface area contributed by atoms with Crippen molar-refractivity contribution in [1.82, 2.24) is 10.3 Å². The quantitative estimate of drug-likeness (QED) is 0.647. The number of fused-ring (bicyclic) bond motifs is 1. The number of benzene rings is 2. The highest BCUT2D eigenvalue weighted by atomic mass is 32.1. The molecule has 5 heteroatoms. The van der Waals surface area contributed by atoms with Gasteiger partial charge >= 0.3 is 0 Å². The molecule has 4 nitrogen and oxygen atoms in total. The topological polar surface area (TPSA) is 46.4 Å². The zero-order valence-electron chi connectivity index (χ0n) is 16.2. The number of amides is 1. The molecule has 1 aliphatic rings. The molecule has 2 heterocycles. The Labute approximate surface area is 170 Å². The van der Waals surface area contributed by atoms with Gasteiger partial charge in [0, 0.05) is 24.9 Å². The lowest BCUT2D eigenvalue weighted by Gasteiger charge is -2.24. The SMILES string of the molecule is O=C(CCc1nc2ccccc2s1)NCc1ccccc1C[NH+]1CCCCC1. The third-order valence-corrected chi connectivity index (χ3v) is 6.60. The van der Waals surface area contributed by atoms with Crippen LogP contribution in [0.5, 0.6) is 0 Å². The summed E-state index contributed by atoms with van der Waals surface area (Å²) in [6.45, 7) is 4.21. The van der Waals surface area contributed by atoms with Crippen molar-refractivity contribution in [2.75, 3.05) is 13.1 Å². The Bertz CT molecular complexity index is 897. The van der Waals surface area contributed by atoms with E-state index in [0.717, 1.165) is 17.1 Å². The molecule has 1 amide bonds. The Hall–Kier alpha value is -2.24. The predicted molar refractivity (Wildman–Crippen MR) is 114 cm³/mol. The zero-order valence-corrected chi connectivity index (χ0v) is 17.1. The first-order valence-corrected chi connectivity index (χ1v) is 11.1. The van der Waals surface area contributed by atoms with E-state index >= 15 is 0 Å². The third kappa shape index (κ3) is 4.97. The summed E-state index contributed by atoms with van der Waals surface area (Å²) in [6, 6.07) is 16.7. The molecule has 1 aliphatic heterocycles. The van der Waals surface area contributed by atoms with Crippen molar-refractivity contribution in [3.05, 3.63) is 64.7 Å². The first-order valence-electron chi connectivity index (χ1n) is 10.3. The number of hydrogen-bond acceptors (Lipinski definition) is 3. The van der Waals surface area contributed by atoms with Crippen LogP contribution in [0.3, 0.4) is 0 Å². The van der Waals surface area contributed by atoms with E-state index in [1.807, 2.05) is 18.2 Å². The molecule has 4 rings (SSSR count). The lowest BCUT2D eigenvalue weighted by molar-refractivity contribution is -0.918. The van der Waals surface area contributed by atoms with Gasteiger partial charge in [0.2, 0.25) is 5.91 Å². The second-order valence-corrected chi connectivity index (χ2v) is 8.72. The normalized spacial score (nSPS) is 15.0. The molecule has 0 spiro atoms. The molecule has 3 aromatic rings. The molecule has 0 aliphatic carbocycles. The molecule has 1 aromatic heterocycles. The van der Waals surface area contributed by atoms with Crippen molar-refractivity contribution in [1.29, 1.82) is 0 Å². The van der Waals surface area contributed by atoms with Crippen molar-refractivity contribution in [3.63, 3.8) is 0 Å². The standard InChI is InChI=1S/C23H27N3OS/c27-22(12-13-23-25-20-10-4-5-11-21(20)28-23)24-16-18-8-2-3-9-19(18)17-26-14-6-1-7-15-26/h2-5,8-11H,1,6-7,12-17H2,(H,24,27)/p+1. The lowest BCUT2D eigenvalue weighted by atomic mass is 10.0. The van der Waals surface area contributed by atoms with Gasteiger partial charge in [0.15, 0.2) is 0 Å². The smallest absolute Gasteiger partial charge is 0.220 e. The van der Waals surface area contributed by atoms with Gasteiger partial charge < -0.3 is 10.2 Å². The van der Waals surface area contributed by atoms with E-state index in [2.05, 4.69) is 40.6 Å². The molecule has 0 saturated carbocycles. The van der Waals surface area contributed by atoms with E-state index in [0.29, 0.717) is 19.4 Å². The number of piperidine rings is 1. The predicted octanol–water partition coefficient (Wildman–Crippen LogP) is 3.11. The van der Waals surface area contributed by atoms with E-state index in [1.165, 1.54) is 48.2 Å². The van der Waals surface area contributed by atoms with Crippen LogP contribution in [0.4, 0.5) is 0 Å². The molecule has 0 radical (unpaired) electrons. The zero-order chi connectivity index (χ0) is 19.2. The highest BCUT2D eigenvalue weighted by Gasteiger charge is 2.16. The van der Waals surface area contributed by atoms with Crippen LogP contribution in [-0.2, 0) is 24.3 Å². The molecule has 146 valence electrons. The summed E-state index contributed by atoms with van der Waals surface area (Å²) < 4.78 is 1.19. The van der Waals surface area contributed by atoms with E-state index in [9.17, 15) is 4.79 Å². The summed E-state index contributed by atoms with van der Waals surface area (Å²) in [5.41, 5.74) is 3.64. The largest absolute Gasteiger partial charge is 0.352 e. The molecule has 0 atom stereocenters. The van der Waals surface area contributed by atoms with Crippen LogP contribution in [0.15, 0.2) is 48.5 Å². The van der Waals surface area contributed by atoms with Crippen molar-refractivity contribution in [2.24, 2.45) is 0 Å². The number of aromatic nitrogens is 1. The molecule has 0 bridgehead atoms. The summed E-state index contributed by atoms with van der Waals surface area (Å²) in [7, 11) is 0. The van der Waals surface area contributed by atoms with Crippen molar-refractivity contribution < 1.29 is 9.69 Å². The molecular formula is C23H28N3OS+. The number of aryl methyl sites for hydroxylation is 1. The maximum atomic E-state index is 12.4. The van der Waals surface area contributed by atoms with Crippen LogP contribution >= 0.6 is 11.3 Å². The fourth-order valence-electron chi connectivity index (χ4n) is 3.93. The van der Waals surface area contributed by atoms with Gasteiger partial charge in [0.25, 0.3) is 0 Å². The van der Waals surface area contributed by atoms with Gasteiger partial charge in [-0.15, -0.1) is 11.3 Å². The third-order valence-electron chi connectivity index (χ3n) is 5.50. The Morgan fingerprint density at radius 3 is 2.57 bits per heavy atom. The van der Waals surface area contributed by atoms with E-state index in [1.54, 1.807) is 16.2 Å². The van der Waals surface area contributed by atoms with Crippen LogP contribution in [0.25, 0.3) is 10.2 Å². The van der Waals surface area contributed by atoms with Crippen LogP contribution in [0, 0.1) is 0 Å². The van der Waals surface area contributed by atoms with Gasteiger partial charge in [-0.05, 0) is 37.0 Å². The molecule has 2 N–H and O–H groups in total. The number of quaternary nitrogens is 1. The van der Waals surface area contributed by atoms with Gasteiger partial charge in [-0.1, -0.05) is 36.4 Å². The highest BCUT2D eigenvalue weighted by Crippen LogP contribution is 2.22. The van der Waals surface area contributed by atoms with E-state index in [-0.39, 0.29) is 5.91 Å². The summed E-state index contributed by atoms with van der Waals surface area (Å²) in [4.78, 5) is 18.7. The average molecular weight is 395 g/mol. The van der Waals surface area contributed by atoms with Crippen molar-refractivity contribution >= 4 is 27.5 Å². The number of para-hydroxylation sites is 1. The molecular weight excluding hydrogens is 366 g/mol. The number of nitrogens with one attached hydrogen (secondary N) is 2. The Kier molecular flexibility index (Phi) is 6.34. The molecule has 1 saturated heterocycles. The minimum Gasteiger partial charge on any atom is -0.352 e. The van der Waals surface area contributed by atoms with Crippen LogP contribution in [-0.4, -0.2) is 24.0 Å². The average Bonchev–Trinajstić information content (AvgIpc) is 3.15. The summed E-state index contributed by atoms with van der Waals surface area (Å²) >= 11 is 1.68. The fourth-order valence-corrected chi connectivity index (χ4v) is 4.90. The molecule has 2 aromatic carbocycles. The first kappa shape index (κ1) is 19.1. The van der Waals surface area contributed by atoms with Crippen molar-refractivity contribution in [3.8, 4) is 0 Å². The fraction of sp³-hybridized carbons (Fsp3) is 0.391. The minimum absolute atomic E-state index is 0.0966. The van der Waals surface area contributed by atoms with Gasteiger partial charge in [-0.25, -0.2) is 4.98 Å². The maximum Gasteiger partial charge on any atom is 0.220 e. The van der Waals surface area contributed by atoms with Gasteiger partial charge in [0.1, 0.15) is 6.54 Å². The Morgan fingerprint density at radius 1 is 1.00 bits per heavy atom.